The third-order valence-electron chi connectivity index (χ3n) is 6.11. The second-order valence-corrected chi connectivity index (χ2v) is 8.37. The lowest BCUT2D eigenvalue weighted by atomic mass is 10.1. The third kappa shape index (κ3) is 4.16. The zero-order valence-electron chi connectivity index (χ0n) is 17.9. The van der Waals surface area contributed by atoms with E-state index in [2.05, 4.69) is 35.1 Å². The summed E-state index contributed by atoms with van der Waals surface area (Å²) >= 11 is 0. The minimum absolute atomic E-state index is 0. The number of amides is 1. The second-order valence-electron chi connectivity index (χ2n) is 8.37. The first kappa shape index (κ1) is 21.4. The highest BCUT2D eigenvalue weighted by atomic mass is 35.5. The largest absolute Gasteiger partial charge is 0.491 e. The summed E-state index contributed by atoms with van der Waals surface area (Å²) in [5.41, 5.74) is 2.65. The molecule has 0 unspecified atom stereocenters. The zero-order valence-corrected chi connectivity index (χ0v) is 18.7. The lowest BCUT2D eigenvalue weighted by Gasteiger charge is -2.26. The van der Waals surface area contributed by atoms with Crippen molar-refractivity contribution in [2.75, 3.05) is 18.1 Å². The molecule has 1 atom stereocenters. The van der Waals surface area contributed by atoms with E-state index >= 15 is 0 Å². The molecule has 3 aromatic heterocycles. The van der Waals surface area contributed by atoms with Crippen LogP contribution >= 0.6 is 12.4 Å². The first-order valence-electron chi connectivity index (χ1n) is 11.0. The number of hydrogen-bond acceptors (Lipinski definition) is 7. The lowest BCUT2D eigenvalue weighted by molar-refractivity contribution is 0.0946. The Balaban J connectivity index is 0.00000228. The van der Waals surface area contributed by atoms with E-state index in [9.17, 15) is 4.79 Å². The number of nitrogens with one attached hydrogen (secondary N) is 2. The van der Waals surface area contributed by atoms with Gasteiger partial charge in [-0.1, -0.05) is 12.1 Å². The number of H-pyrrole nitrogens is 1. The number of fused-ring (bicyclic) bond motifs is 2. The molecular formula is C23H24ClN7O2. The zero-order chi connectivity index (χ0) is 21.5. The molecule has 9 nitrogen and oxygen atoms in total. The van der Waals surface area contributed by atoms with Crippen LogP contribution < -0.4 is 15.0 Å². The van der Waals surface area contributed by atoms with Crippen molar-refractivity contribution in [3.63, 3.8) is 0 Å². The normalized spacial score (nSPS) is 17.8. The summed E-state index contributed by atoms with van der Waals surface area (Å²) in [5, 5.41) is 3.91. The van der Waals surface area contributed by atoms with Crippen molar-refractivity contribution in [3.8, 4) is 5.75 Å². The molecule has 1 saturated heterocycles. The molecule has 1 amide bonds. The smallest absolute Gasteiger partial charge is 0.270 e. The van der Waals surface area contributed by atoms with Crippen molar-refractivity contribution in [1.82, 2.24) is 30.2 Å². The highest BCUT2D eigenvalue weighted by Gasteiger charge is 2.29. The van der Waals surface area contributed by atoms with Gasteiger partial charge in [0.25, 0.3) is 5.91 Å². The van der Waals surface area contributed by atoms with Gasteiger partial charge in [-0.15, -0.1) is 12.4 Å². The number of carbonyl (C=O) groups excluding carboxylic acids is 1. The Bertz CT molecular complexity index is 1310. The van der Waals surface area contributed by atoms with Gasteiger partial charge in [0, 0.05) is 24.0 Å². The van der Waals surface area contributed by atoms with Crippen LogP contribution in [0.15, 0.2) is 43.0 Å². The van der Waals surface area contributed by atoms with Crippen LogP contribution in [0.1, 0.15) is 36.2 Å². The summed E-state index contributed by atoms with van der Waals surface area (Å²) in [6.07, 6.45) is 7.31. The number of carbonyl (C=O) groups is 1. The maximum absolute atomic E-state index is 12.6. The summed E-state index contributed by atoms with van der Waals surface area (Å²) in [7, 11) is 0. The van der Waals surface area contributed by atoms with Crippen molar-refractivity contribution >= 4 is 46.2 Å². The van der Waals surface area contributed by atoms with Crippen molar-refractivity contribution in [1.29, 1.82) is 0 Å². The van der Waals surface area contributed by atoms with Gasteiger partial charge in [-0.05, 0) is 37.8 Å². The molecule has 33 heavy (non-hydrogen) atoms. The number of aromatic nitrogens is 5. The number of benzene rings is 1. The van der Waals surface area contributed by atoms with Crippen LogP contribution in [0.5, 0.6) is 5.75 Å². The number of pyridine rings is 1. The minimum atomic E-state index is -0.145. The highest BCUT2D eigenvalue weighted by molar-refractivity contribution is 5.97. The van der Waals surface area contributed by atoms with Gasteiger partial charge in [-0.2, -0.15) is 0 Å². The Morgan fingerprint density at radius 1 is 1.18 bits per heavy atom. The molecule has 10 heteroatoms. The predicted molar refractivity (Wildman–Crippen MR) is 127 cm³/mol. The van der Waals surface area contributed by atoms with Crippen molar-refractivity contribution in [3.05, 3.63) is 48.7 Å². The van der Waals surface area contributed by atoms with Gasteiger partial charge >= 0.3 is 0 Å². The fourth-order valence-corrected chi connectivity index (χ4v) is 4.31. The molecule has 0 spiro atoms. The van der Waals surface area contributed by atoms with Crippen LogP contribution in [0, 0.1) is 0 Å². The summed E-state index contributed by atoms with van der Waals surface area (Å²) < 4.78 is 6.33. The molecule has 4 aromatic rings. The number of ether oxygens (including phenoxy) is 1. The first-order chi connectivity index (χ1) is 15.8. The van der Waals surface area contributed by atoms with E-state index < -0.39 is 0 Å². The minimum Gasteiger partial charge on any atom is -0.491 e. The van der Waals surface area contributed by atoms with Gasteiger partial charge < -0.3 is 19.9 Å². The van der Waals surface area contributed by atoms with Crippen LogP contribution in [-0.2, 0) is 0 Å². The van der Waals surface area contributed by atoms with Gasteiger partial charge in [-0.25, -0.2) is 19.9 Å². The number of imidazole rings is 1. The van der Waals surface area contributed by atoms with Crippen molar-refractivity contribution < 1.29 is 9.53 Å². The first-order valence-corrected chi connectivity index (χ1v) is 11.0. The SMILES string of the molecule is Cl.O=C(NC1CC1)c1cc(OC[C@H]2CCCN2c2ncnc3nc[nH]c23)c2ccccc2n1. The number of halogens is 1. The molecular weight excluding hydrogens is 442 g/mol. The van der Waals surface area contributed by atoms with E-state index in [0.717, 1.165) is 54.5 Å². The van der Waals surface area contributed by atoms with Crippen LogP contribution in [0.4, 0.5) is 5.82 Å². The lowest BCUT2D eigenvalue weighted by Crippen LogP contribution is -2.35. The van der Waals surface area contributed by atoms with Gasteiger partial charge in [-0.3, -0.25) is 4.79 Å². The molecule has 0 bridgehead atoms. The number of hydrogen-bond donors (Lipinski definition) is 2. The maximum Gasteiger partial charge on any atom is 0.270 e. The topological polar surface area (TPSA) is 109 Å². The Morgan fingerprint density at radius 3 is 2.94 bits per heavy atom. The van der Waals surface area contributed by atoms with Crippen LogP contribution in [-0.4, -0.2) is 56.1 Å². The highest BCUT2D eigenvalue weighted by Crippen LogP contribution is 2.30. The van der Waals surface area contributed by atoms with Gasteiger partial charge in [0.15, 0.2) is 11.5 Å². The molecule has 1 aromatic carbocycles. The van der Waals surface area contributed by atoms with E-state index in [1.807, 2.05) is 24.3 Å². The standard InChI is InChI=1S/C23H23N7O2.ClH/c31-23(28-14-7-8-14)18-10-19(16-5-1-2-6-17(16)29-18)32-11-15-4-3-9-30(15)22-20-21(25-12-24-20)26-13-27-22;/h1-2,5-6,10,12-15H,3-4,7-9,11H2,(H,28,31)(H,24,25,26,27);1H/t15-;/m1./s1. The van der Waals surface area contributed by atoms with E-state index in [1.165, 1.54) is 0 Å². The molecule has 2 aliphatic rings. The molecule has 2 fully saturated rings. The number of aromatic amines is 1. The predicted octanol–water partition coefficient (Wildman–Crippen LogP) is 3.26. The summed E-state index contributed by atoms with van der Waals surface area (Å²) in [4.78, 5) is 35.6. The third-order valence-corrected chi connectivity index (χ3v) is 6.11. The van der Waals surface area contributed by atoms with E-state index in [1.54, 1.807) is 18.7 Å². The monoisotopic (exact) mass is 465 g/mol. The Labute approximate surface area is 196 Å². The molecule has 1 saturated carbocycles. The molecule has 4 heterocycles. The van der Waals surface area contributed by atoms with Crippen LogP contribution in [0.25, 0.3) is 22.1 Å². The van der Waals surface area contributed by atoms with E-state index in [0.29, 0.717) is 23.7 Å². The fraction of sp³-hybridized carbons (Fsp3) is 0.348. The summed E-state index contributed by atoms with van der Waals surface area (Å²) in [6.45, 7) is 1.38. The Hall–Kier alpha value is -3.46. The summed E-state index contributed by atoms with van der Waals surface area (Å²) in [5.74, 6) is 1.38. The van der Waals surface area contributed by atoms with Gasteiger partial charge in [0.1, 0.15) is 29.9 Å². The summed E-state index contributed by atoms with van der Waals surface area (Å²) in [6, 6.07) is 9.96. The molecule has 6 rings (SSSR count). The second kappa shape index (κ2) is 8.82. The van der Waals surface area contributed by atoms with Gasteiger partial charge in [0.05, 0.1) is 17.9 Å². The van der Waals surface area contributed by atoms with E-state index in [4.69, 9.17) is 4.74 Å². The van der Waals surface area contributed by atoms with Crippen LogP contribution in [0.3, 0.4) is 0 Å². The Morgan fingerprint density at radius 2 is 2.06 bits per heavy atom. The number of rotatable bonds is 6. The van der Waals surface area contributed by atoms with E-state index in [-0.39, 0.29) is 30.4 Å². The van der Waals surface area contributed by atoms with Crippen molar-refractivity contribution in [2.24, 2.45) is 0 Å². The number of anilines is 1. The molecule has 1 aliphatic carbocycles. The molecule has 170 valence electrons. The maximum atomic E-state index is 12.6. The molecule has 1 aliphatic heterocycles. The average Bonchev–Trinajstić information content (AvgIpc) is 3.30. The Kier molecular flexibility index (Phi) is 5.72. The van der Waals surface area contributed by atoms with Crippen molar-refractivity contribution in [2.45, 2.75) is 37.8 Å². The number of nitrogens with zero attached hydrogens (tertiary/aromatic N) is 5. The quantitative estimate of drug-likeness (QED) is 0.449. The average molecular weight is 466 g/mol. The molecule has 2 N–H and O–H groups in total. The van der Waals surface area contributed by atoms with Gasteiger partial charge in [0.2, 0.25) is 0 Å². The van der Waals surface area contributed by atoms with Crippen LogP contribution in [0.2, 0.25) is 0 Å². The molecule has 0 radical (unpaired) electrons. The fourth-order valence-electron chi connectivity index (χ4n) is 4.31. The number of para-hydroxylation sites is 1.